The molecule has 7 aromatic carbocycles. The van der Waals surface area contributed by atoms with E-state index in [1.54, 1.807) is 0 Å². The van der Waals surface area contributed by atoms with Crippen molar-refractivity contribution in [2.75, 3.05) is 0 Å². The Hall–Kier alpha value is -5.93. The van der Waals surface area contributed by atoms with Crippen molar-refractivity contribution in [1.82, 2.24) is 15.4 Å². The number of fused-ring (bicyclic) bond motifs is 6. The second-order valence-electron chi connectivity index (χ2n) is 13.7. The minimum absolute atomic E-state index is 0.223. The molecule has 246 valence electrons. The second-order valence-corrected chi connectivity index (χ2v) is 15.9. The summed E-state index contributed by atoms with van der Waals surface area (Å²) < 4.78 is 2.84. The van der Waals surface area contributed by atoms with Crippen molar-refractivity contribution in [2.24, 2.45) is 0 Å². The van der Waals surface area contributed by atoms with E-state index in [4.69, 9.17) is 10.2 Å². The van der Waals surface area contributed by atoms with Crippen LogP contribution in [-0.2, 0) is 6.42 Å². The molecule has 0 unspecified atom stereocenters. The van der Waals surface area contributed by atoms with Crippen LogP contribution in [0.2, 0.25) is 0 Å². The molecule has 0 amide bonds. The molecule has 1 aliphatic carbocycles. The molecule has 3 nitrogen and oxygen atoms in total. The average molecular weight is 731 g/mol. The molecule has 10 rings (SSSR count). The molecule has 2 aromatic heterocycles. The molecule has 0 fully saturated rings. The van der Waals surface area contributed by atoms with Gasteiger partial charge in [-0.2, -0.15) is 0 Å². The van der Waals surface area contributed by atoms with Gasteiger partial charge in [0.2, 0.25) is 0 Å². The van der Waals surface area contributed by atoms with Gasteiger partial charge in [-0.25, -0.2) is 0 Å². The average Bonchev–Trinajstić information content (AvgIpc) is 3.77. The van der Waals surface area contributed by atoms with E-state index in [2.05, 4.69) is 171 Å². The minimum atomic E-state index is 0.223. The first-order chi connectivity index (χ1) is 25.7. The molecule has 4 heteroatoms. The van der Waals surface area contributed by atoms with Gasteiger partial charge in [0.25, 0.3) is 0 Å². The molecule has 0 spiro atoms. The van der Waals surface area contributed by atoms with Crippen LogP contribution in [0.15, 0.2) is 152 Å². The number of benzene rings is 7. The standard InChI is InChI=1S/C48H33N3Se/c1-29-27-39-34-20-10-9-19-33(34)28-40(39)43(30(29)2)46-47(32-17-7-4-8-18-32)49-51-50-48(46)37-22-12-11-21-36(37)44-35(31-15-5-3-6-16-31)25-26-42-45(44)38-23-13-14-24-41(38)52-42/h3-27H,28H2,1-2H3. The summed E-state index contributed by atoms with van der Waals surface area (Å²) in [7, 11) is 0. The maximum atomic E-state index is 5.03. The van der Waals surface area contributed by atoms with Crippen molar-refractivity contribution >= 4 is 33.8 Å². The van der Waals surface area contributed by atoms with Gasteiger partial charge in [0.15, 0.2) is 0 Å². The van der Waals surface area contributed by atoms with Crippen LogP contribution in [0.3, 0.4) is 0 Å². The van der Waals surface area contributed by atoms with E-state index in [1.807, 2.05) is 0 Å². The first kappa shape index (κ1) is 30.9. The molecule has 0 bridgehead atoms. The van der Waals surface area contributed by atoms with Gasteiger partial charge >= 0.3 is 298 Å². The maximum absolute atomic E-state index is 5.03. The van der Waals surface area contributed by atoms with Gasteiger partial charge in [0.1, 0.15) is 0 Å². The molecule has 2 heterocycles. The zero-order valence-corrected chi connectivity index (χ0v) is 30.6. The summed E-state index contributed by atoms with van der Waals surface area (Å²) in [5, 5.41) is 17.1. The summed E-state index contributed by atoms with van der Waals surface area (Å²) in [6, 6.07) is 54.9. The van der Waals surface area contributed by atoms with Crippen LogP contribution in [0.1, 0.15) is 22.3 Å². The number of hydrogen-bond acceptors (Lipinski definition) is 3. The number of rotatable bonds is 5. The Balaban J connectivity index is 1.33. The van der Waals surface area contributed by atoms with Crippen molar-refractivity contribution in [3.05, 3.63) is 174 Å². The molecule has 1 aliphatic rings. The van der Waals surface area contributed by atoms with Gasteiger partial charge in [0, 0.05) is 0 Å². The summed E-state index contributed by atoms with van der Waals surface area (Å²) in [4.78, 5) is 0. The van der Waals surface area contributed by atoms with Crippen LogP contribution in [0.5, 0.6) is 0 Å². The number of aromatic nitrogens is 3. The van der Waals surface area contributed by atoms with Crippen molar-refractivity contribution in [1.29, 1.82) is 0 Å². The third kappa shape index (κ3) is 4.83. The summed E-state index contributed by atoms with van der Waals surface area (Å²) in [6.07, 6.45) is 0.864. The van der Waals surface area contributed by atoms with Crippen molar-refractivity contribution in [3.8, 4) is 67.0 Å². The predicted molar refractivity (Wildman–Crippen MR) is 217 cm³/mol. The predicted octanol–water partition coefficient (Wildman–Crippen LogP) is 11.8. The summed E-state index contributed by atoms with van der Waals surface area (Å²) >= 11 is 0.223. The zero-order valence-electron chi connectivity index (χ0n) is 28.9. The first-order valence-electron chi connectivity index (χ1n) is 17.8. The van der Waals surface area contributed by atoms with Crippen LogP contribution in [0.4, 0.5) is 0 Å². The zero-order chi connectivity index (χ0) is 34.8. The fourth-order valence-electron chi connectivity index (χ4n) is 8.27. The van der Waals surface area contributed by atoms with Crippen LogP contribution >= 0.6 is 0 Å². The summed E-state index contributed by atoms with van der Waals surface area (Å²) in [5.74, 6) is 0. The Labute approximate surface area is 309 Å². The Morgan fingerprint density at radius 1 is 0.481 bits per heavy atom. The molecule has 0 atom stereocenters. The normalized spacial score (nSPS) is 12.0. The number of hydrogen-bond donors (Lipinski definition) is 0. The molecular weight excluding hydrogens is 698 g/mol. The summed E-state index contributed by atoms with van der Waals surface area (Å²) in [5.41, 5.74) is 18.7. The molecule has 0 saturated heterocycles. The fourth-order valence-corrected chi connectivity index (χ4v) is 10.6. The number of aryl methyl sites for hydroxylation is 1. The van der Waals surface area contributed by atoms with E-state index < -0.39 is 0 Å². The van der Waals surface area contributed by atoms with Gasteiger partial charge < -0.3 is 0 Å². The monoisotopic (exact) mass is 731 g/mol. The van der Waals surface area contributed by atoms with E-state index in [0.29, 0.717) is 0 Å². The van der Waals surface area contributed by atoms with Crippen LogP contribution in [-0.4, -0.2) is 29.9 Å². The molecule has 9 aromatic rings. The molecule has 0 N–H and O–H groups in total. The van der Waals surface area contributed by atoms with Crippen molar-refractivity contribution < 1.29 is 0 Å². The Kier molecular flexibility index (Phi) is 7.35. The van der Waals surface area contributed by atoms with E-state index >= 15 is 0 Å². The van der Waals surface area contributed by atoms with Crippen molar-refractivity contribution in [2.45, 2.75) is 20.3 Å². The Bertz CT molecular complexity index is 2840. The second kappa shape index (κ2) is 12.4. The van der Waals surface area contributed by atoms with Crippen LogP contribution < -0.4 is 0 Å². The van der Waals surface area contributed by atoms with E-state index in [9.17, 15) is 0 Å². The van der Waals surface area contributed by atoms with Gasteiger partial charge in [-0.3, -0.25) is 0 Å². The third-order valence-corrected chi connectivity index (χ3v) is 13.2. The van der Waals surface area contributed by atoms with Crippen LogP contribution in [0.25, 0.3) is 86.3 Å². The topological polar surface area (TPSA) is 38.7 Å². The quantitative estimate of drug-likeness (QED) is 0.166. The summed E-state index contributed by atoms with van der Waals surface area (Å²) in [6.45, 7) is 4.49. The fraction of sp³-hybridized carbons (Fsp3) is 0.0625. The Morgan fingerprint density at radius 2 is 1.13 bits per heavy atom. The third-order valence-electron chi connectivity index (χ3n) is 10.8. The van der Waals surface area contributed by atoms with Gasteiger partial charge in [0.05, 0.1) is 0 Å². The van der Waals surface area contributed by atoms with Crippen LogP contribution in [0, 0.1) is 13.8 Å². The molecule has 52 heavy (non-hydrogen) atoms. The van der Waals surface area contributed by atoms with Gasteiger partial charge in [-0.05, 0) is 0 Å². The molecular formula is C48H33N3Se. The molecule has 0 aliphatic heterocycles. The van der Waals surface area contributed by atoms with E-state index in [0.717, 1.165) is 40.1 Å². The number of nitrogens with zero attached hydrogens (tertiary/aromatic N) is 3. The van der Waals surface area contributed by atoms with Gasteiger partial charge in [-0.1, -0.05) is 12.1 Å². The van der Waals surface area contributed by atoms with Gasteiger partial charge in [-0.15, -0.1) is 0 Å². The first-order valence-corrected chi connectivity index (χ1v) is 19.5. The van der Waals surface area contributed by atoms with E-state index in [1.165, 1.54) is 74.9 Å². The molecule has 0 saturated carbocycles. The SMILES string of the molecule is Cc1cc2c(c(-c3c(-c4ccccc4)nnnc3-c3ccccc3-c3c(-c4ccccc4)ccc4[se]c5ccccc5c34)c1C)Cc1ccccc1-2. The Morgan fingerprint density at radius 3 is 1.94 bits per heavy atom. The van der Waals surface area contributed by atoms with Crippen molar-refractivity contribution in [3.63, 3.8) is 0 Å². The molecule has 0 radical (unpaired) electrons. The van der Waals surface area contributed by atoms with E-state index in [-0.39, 0.29) is 14.5 Å².